The molecule has 0 saturated heterocycles. The first kappa shape index (κ1) is 30.0. The van der Waals surface area contributed by atoms with Gasteiger partial charge in [0.2, 0.25) is 11.4 Å². The highest BCUT2D eigenvalue weighted by molar-refractivity contribution is 6.13. The van der Waals surface area contributed by atoms with Crippen molar-refractivity contribution in [2.24, 2.45) is 5.92 Å². The lowest BCUT2D eigenvalue weighted by molar-refractivity contribution is -0.167. The SMILES string of the molecule is CCOC(=O)C(CC(=O)c1ccc(Oc2ccc(C(=O)COC(=O)C3CC3)cc2)cc1)(NC(C)=O)C(=O)OCC. The zero-order chi connectivity index (χ0) is 29.3. The number of esters is 3. The Labute approximate surface area is 231 Å². The van der Waals surface area contributed by atoms with Gasteiger partial charge in [-0.3, -0.25) is 19.2 Å². The number of hydrogen-bond donors (Lipinski definition) is 1. The number of carbonyl (C=O) groups is 6. The summed E-state index contributed by atoms with van der Waals surface area (Å²) in [6, 6.07) is 12.2. The second-order valence-corrected chi connectivity index (χ2v) is 9.08. The fraction of sp³-hybridized carbons (Fsp3) is 0.379. The molecule has 1 aliphatic carbocycles. The first-order chi connectivity index (χ1) is 19.1. The number of benzene rings is 2. The van der Waals surface area contributed by atoms with E-state index < -0.39 is 35.6 Å². The van der Waals surface area contributed by atoms with E-state index in [4.69, 9.17) is 18.9 Å². The molecule has 2 aromatic carbocycles. The summed E-state index contributed by atoms with van der Waals surface area (Å²) in [5, 5.41) is 2.26. The fourth-order valence-corrected chi connectivity index (χ4v) is 3.74. The van der Waals surface area contributed by atoms with Crippen LogP contribution in [0.25, 0.3) is 0 Å². The van der Waals surface area contributed by atoms with Crippen LogP contribution in [0, 0.1) is 5.92 Å². The molecule has 3 rings (SSSR count). The highest BCUT2D eigenvalue weighted by Crippen LogP contribution is 2.30. The molecule has 0 radical (unpaired) electrons. The van der Waals surface area contributed by atoms with Crippen LogP contribution in [0.5, 0.6) is 11.5 Å². The van der Waals surface area contributed by atoms with Crippen molar-refractivity contribution in [1.82, 2.24) is 5.32 Å². The van der Waals surface area contributed by atoms with Crippen molar-refractivity contribution in [1.29, 1.82) is 0 Å². The van der Waals surface area contributed by atoms with Gasteiger partial charge in [-0.25, -0.2) is 9.59 Å². The average Bonchev–Trinajstić information content (AvgIpc) is 3.78. The van der Waals surface area contributed by atoms with Crippen molar-refractivity contribution >= 4 is 35.4 Å². The number of carbonyl (C=O) groups excluding carboxylic acids is 6. The van der Waals surface area contributed by atoms with Crippen LogP contribution >= 0.6 is 0 Å². The summed E-state index contributed by atoms with van der Waals surface area (Å²) < 4.78 is 20.8. The molecule has 0 heterocycles. The maximum absolute atomic E-state index is 13.1. The molecule has 0 spiro atoms. The molecular weight excluding hydrogens is 522 g/mol. The summed E-state index contributed by atoms with van der Waals surface area (Å²) in [4.78, 5) is 74.3. The molecule has 1 saturated carbocycles. The Morgan fingerprint density at radius 1 is 0.750 bits per heavy atom. The van der Waals surface area contributed by atoms with Crippen molar-refractivity contribution in [3.63, 3.8) is 0 Å². The van der Waals surface area contributed by atoms with Gasteiger partial charge in [0, 0.05) is 18.1 Å². The summed E-state index contributed by atoms with van der Waals surface area (Å²) in [5.41, 5.74) is -1.82. The van der Waals surface area contributed by atoms with E-state index >= 15 is 0 Å². The third kappa shape index (κ3) is 7.75. The number of ether oxygens (including phenoxy) is 4. The molecule has 1 N–H and O–H groups in total. The Morgan fingerprint density at radius 3 is 1.65 bits per heavy atom. The van der Waals surface area contributed by atoms with Gasteiger partial charge < -0.3 is 24.3 Å². The zero-order valence-electron chi connectivity index (χ0n) is 22.5. The summed E-state index contributed by atoms with van der Waals surface area (Å²) >= 11 is 0. The first-order valence-corrected chi connectivity index (χ1v) is 12.8. The van der Waals surface area contributed by atoms with Gasteiger partial charge in [-0.15, -0.1) is 0 Å². The lowest BCUT2D eigenvalue weighted by Crippen LogP contribution is -2.62. The van der Waals surface area contributed by atoms with E-state index in [1.807, 2.05) is 0 Å². The van der Waals surface area contributed by atoms with Crippen LogP contribution in [-0.4, -0.2) is 60.7 Å². The van der Waals surface area contributed by atoms with Crippen LogP contribution in [-0.2, 0) is 33.4 Å². The summed E-state index contributed by atoms with van der Waals surface area (Å²) in [7, 11) is 0. The molecule has 0 aliphatic heterocycles. The molecule has 40 heavy (non-hydrogen) atoms. The fourth-order valence-electron chi connectivity index (χ4n) is 3.74. The van der Waals surface area contributed by atoms with Crippen molar-refractivity contribution in [3.05, 3.63) is 59.7 Å². The van der Waals surface area contributed by atoms with Crippen molar-refractivity contribution in [2.75, 3.05) is 19.8 Å². The summed E-state index contributed by atoms with van der Waals surface area (Å²) in [5.74, 6) is -3.50. The van der Waals surface area contributed by atoms with E-state index in [-0.39, 0.29) is 43.1 Å². The number of rotatable bonds is 14. The minimum Gasteiger partial charge on any atom is -0.464 e. The number of hydrogen-bond acceptors (Lipinski definition) is 10. The summed E-state index contributed by atoms with van der Waals surface area (Å²) in [6.07, 6.45) is 0.885. The molecule has 11 nitrogen and oxygen atoms in total. The second-order valence-electron chi connectivity index (χ2n) is 9.08. The Hall–Kier alpha value is -4.54. The Morgan fingerprint density at radius 2 is 1.23 bits per heavy atom. The maximum Gasteiger partial charge on any atom is 0.344 e. The molecule has 0 bridgehead atoms. The molecular formula is C29H31NO10. The monoisotopic (exact) mass is 553 g/mol. The van der Waals surface area contributed by atoms with Crippen LogP contribution in [0.1, 0.15) is 60.7 Å². The van der Waals surface area contributed by atoms with E-state index in [2.05, 4.69) is 5.32 Å². The van der Waals surface area contributed by atoms with E-state index in [0.29, 0.717) is 17.1 Å². The first-order valence-electron chi connectivity index (χ1n) is 12.8. The minimum atomic E-state index is -2.33. The zero-order valence-corrected chi connectivity index (χ0v) is 22.5. The van der Waals surface area contributed by atoms with Gasteiger partial charge in [0.15, 0.2) is 18.2 Å². The standard InChI is InChI=1S/C29H31NO10/c1-4-37-27(35)29(30-18(3)31,28(36)38-5-2)16-24(32)19-8-12-22(13-9-19)40-23-14-10-20(11-15-23)25(33)17-39-26(34)21-6-7-21/h8-15,21H,4-7,16-17H2,1-3H3,(H,30,31). The average molecular weight is 554 g/mol. The van der Waals surface area contributed by atoms with Crippen molar-refractivity contribution < 1.29 is 47.7 Å². The van der Waals surface area contributed by atoms with Gasteiger partial charge >= 0.3 is 17.9 Å². The van der Waals surface area contributed by atoms with Gasteiger partial charge in [-0.1, -0.05) is 0 Å². The Bertz CT molecular complexity index is 1240. The molecule has 0 atom stereocenters. The maximum atomic E-state index is 13.1. The van der Waals surface area contributed by atoms with Crippen LogP contribution < -0.4 is 10.1 Å². The van der Waals surface area contributed by atoms with Gasteiger partial charge in [-0.05, 0) is 75.2 Å². The van der Waals surface area contributed by atoms with E-state index in [1.54, 1.807) is 24.3 Å². The smallest absolute Gasteiger partial charge is 0.344 e. The largest absolute Gasteiger partial charge is 0.464 e. The van der Waals surface area contributed by atoms with Crippen molar-refractivity contribution in [2.45, 2.75) is 45.6 Å². The summed E-state index contributed by atoms with van der Waals surface area (Å²) in [6.45, 7) is 3.68. The van der Waals surface area contributed by atoms with Crippen LogP contribution in [0.4, 0.5) is 0 Å². The third-order valence-electron chi connectivity index (χ3n) is 5.91. The van der Waals surface area contributed by atoms with Gasteiger partial charge in [-0.2, -0.15) is 0 Å². The predicted molar refractivity (Wildman–Crippen MR) is 140 cm³/mol. The Kier molecular flexibility index (Phi) is 10.1. The predicted octanol–water partition coefficient (Wildman–Crippen LogP) is 3.19. The molecule has 2 aromatic rings. The quantitative estimate of drug-likeness (QED) is 0.160. The van der Waals surface area contributed by atoms with E-state index in [0.717, 1.165) is 19.8 Å². The van der Waals surface area contributed by atoms with Gasteiger partial charge in [0.1, 0.15) is 11.5 Å². The lowest BCUT2D eigenvalue weighted by Gasteiger charge is -2.29. The van der Waals surface area contributed by atoms with E-state index in [9.17, 15) is 28.8 Å². The molecule has 1 fully saturated rings. The molecule has 1 aliphatic rings. The minimum absolute atomic E-state index is 0.0805. The number of nitrogens with one attached hydrogen (secondary N) is 1. The molecule has 212 valence electrons. The highest BCUT2D eigenvalue weighted by Gasteiger charge is 2.51. The van der Waals surface area contributed by atoms with Gasteiger partial charge in [0.25, 0.3) is 0 Å². The van der Waals surface area contributed by atoms with Crippen LogP contribution in [0.3, 0.4) is 0 Å². The second kappa shape index (κ2) is 13.5. The van der Waals surface area contributed by atoms with Crippen LogP contribution in [0.2, 0.25) is 0 Å². The van der Waals surface area contributed by atoms with Crippen LogP contribution in [0.15, 0.2) is 48.5 Å². The third-order valence-corrected chi connectivity index (χ3v) is 5.91. The lowest BCUT2D eigenvalue weighted by atomic mass is 9.89. The highest BCUT2D eigenvalue weighted by atomic mass is 16.6. The molecule has 1 amide bonds. The topological polar surface area (TPSA) is 151 Å². The van der Waals surface area contributed by atoms with E-state index in [1.165, 1.54) is 38.1 Å². The normalized spacial score (nSPS) is 12.6. The molecule has 0 aromatic heterocycles. The Balaban J connectivity index is 1.67. The van der Waals surface area contributed by atoms with Gasteiger partial charge in [0.05, 0.1) is 25.6 Å². The number of ketones is 2. The van der Waals surface area contributed by atoms with Crippen molar-refractivity contribution in [3.8, 4) is 11.5 Å². The molecule has 0 unspecified atom stereocenters. The number of Topliss-reactive ketones (excluding diaryl/α,β-unsaturated/α-hetero) is 2. The number of amides is 1. The molecule has 11 heteroatoms.